The Balaban J connectivity index is 2.31. The number of benzene rings is 1. The third-order valence-corrected chi connectivity index (χ3v) is 3.80. The molecule has 0 bridgehead atoms. The molecule has 0 spiro atoms. The number of halogens is 2. The first-order valence-corrected chi connectivity index (χ1v) is 6.42. The van der Waals surface area contributed by atoms with Gasteiger partial charge >= 0.3 is 0 Å². The Labute approximate surface area is 112 Å². The summed E-state index contributed by atoms with van der Waals surface area (Å²) < 4.78 is 26.8. The van der Waals surface area contributed by atoms with Crippen molar-refractivity contribution in [3.63, 3.8) is 0 Å². The minimum atomic E-state index is -0.583. The van der Waals surface area contributed by atoms with Gasteiger partial charge in [-0.1, -0.05) is 6.07 Å². The predicted octanol–water partition coefficient (Wildman–Crippen LogP) is 3.30. The second-order valence-electron chi connectivity index (χ2n) is 6.08. The molecular formula is C15H18F2N2. The van der Waals surface area contributed by atoms with Gasteiger partial charge in [-0.3, -0.25) is 4.90 Å². The molecule has 1 aliphatic rings. The largest absolute Gasteiger partial charge is 0.297 e. The van der Waals surface area contributed by atoms with Crippen LogP contribution < -0.4 is 0 Å². The predicted molar refractivity (Wildman–Crippen MR) is 69.5 cm³/mol. The van der Waals surface area contributed by atoms with Crippen molar-refractivity contribution < 1.29 is 8.78 Å². The molecule has 0 N–H and O–H groups in total. The summed E-state index contributed by atoms with van der Waals surface area (Å²) in [7, 11) is 0. The lowest BCUT2D eigenvalue weighted by Gasteiger charge is -2.31. The quantitative estimate of drug-likeness (QED) is 0.778. The van der Waals surface area contributed by atoms with E-state index in [-0.39, 0.29) is 17.4 Å². The molecule has 0 amide bonds. The standard InChI is InChI=1S/C15H18F2N2/c1-15(2,3)19-8-10(7-18)13(9-19)12-5-4-11(16)6-14(12)17/h4-6,10,13H,8-9H2,1-3H3/t10?,13-/m1/s1. The van der Waals surface area contributed by atoms with Crippen molar-refractivity contribution in [1.82, 2.24) is 4.90 Å². The molecule has 0 aromatic heterocycles. The third kappa shape index (κ3) is 2.76. The molecule has 1 fully saturated rings. The zero-order chi connectivity index (χ0) is 14.2. The van der Waals surface area contributed by atoms with Crippen molar-refractivity contribution in [2.24, 2.45) is 5.92 Å². The summed E-state index contributed by atoms with van der Waals surface area (Å²) in [4.78, 5) is 2.17. The highest BCUT2D eigenvalue weighted by atomic mass is 19.1. The van der Waals surface area contributed by atoms with Gasteiger partial charge in [0.05, 0.1) is 12.0 Å². The molecule has 0 saturated carbocycles. The maximum Gasteiger partial charge on any atom is 0.129 e. The van der Waals surface area contributed by atoms with Gasteiger partial charge in [0.2, 0.25) is 0 Å². The molecule has 4 heteroatoms. The van der Waals surface area contributed by atoms with Crippen LogP contribution in [0.2, 0.25) is 0 Å². The van der Waals surface area contributed by atoms with Gasteiger partial charge in [0, 0.05) is 30.6 Å². The van der Waals surface area contributed by atoms with E-state index in [4.69, 9.17) is 0 Å². The average Bonchev–Trinajstić information content (AvgIpc) is 2.72. The van der Waals surface area contributed by atoms with Crippen LogP contribution in [0.4, 0.5) is 8.78 Å². The van der Waals surface area contributed by atoms with Gasteiger partial charge in [-0.2, -0.15) is 5.26 Å². The lowest BCUT2D eigenvalue weighted by molar-refractivity contribution is 0.170. The smallest absolute Gasteiger partial charge is 0.129 e. The Kier molecular flexibility index (Phi) is 3.60. The van der Waals surface area contributed by atoms with Crippen molar-refractivity contribution >= 4 is 0 Å². The normalized spacial score (nSPS) is 24.4. The molecule has 102 valence electrons. The van der Waals surface area contributed by atoms with Crippen molar-refractivity contribution in [2.45, 2.75) is 32.2 Å². The summed E-state index contributed by atoms with van der Waals surface area (Å²) in [5, 5.41) is 9.25. The van der Waals surface area contributed by atoms with Crippen molar-refractivity contribution in [3.05, 3.63) is 35.4 Å². The molecule has 0 radical (unpaired) electrons. The summed E-state index contributed by atoms with van der Waals surface area (Å²) in [6.07, 6.45) is 0. The lowest BCUT2D eigenvalue weighted by Crippen LogP contribution is -2.39. The molecule has 2 rings (SSSR count). The van der Waals surface area contributed by atoms with Crippen LogP contribution in [0.1, 0.15) is 32.3 Å². The highest BCUT2D eigenvalue weighted by molar-refractivity contribution is 5.27. The van der Waals surface area contributed by atoms with Gasteiger partial charge in [-0.05, 0) is 32.4 Å². The zero-order valence-corrected chi connectivity index (χ0v) is 11.5. The summed E-state index contributed by atoms with van der Waals surface area (Å²) in [6, 6.07) is 5.87. The number of hydrogen-bond acceptors (Lipinski definition) is 2. The fourth-order valence-electron chi connectivity index (χ4n) is 2.60. The number of hydrogen-bond donors (Lipinski definition) is 0. The van der Waals surface area contributed by atoms with Crippen LogP contribution >= 0.6 is 0 Å². The van der Waals surface area contributed by atoms with Crippen molar-refractivity contribution in [3.8, 4) is 6.07 Å². The van der Waals surface area contributed by atoms with Crippen molar-refractivity contribution in [2.75, 3.05) is 13.1 Å². The molecule has 1 unspecified atom stereocenters. The fourth-order valence-corrected chi connectivity index (χ4v) is 2.60. The maximum atomic E-state index is 13.9. The van der Waals surface area contributed by atoms with Crippen LogP contribution in [0, 0.1) is 28.9 Å². The topological polar surface area (TPSA) is 27.0 Å². The minimum Gasteiger partial charge on any atom is -0.297 e. The van der Waals surface area contributed by atoms with E-state index in [9.17, 15) is 14.0 Å². The van der Waals surface area contributed by atoms with E-state index >= 15 is 0 Å². The Morgan fingerprint density at radius 1 is 1.26 bits per heavy atom. The monoisotopic (exact) mass is 264 g/mol. The maximum absolute atomic E-state index is 13.9. The summed E-state index contributed by atoms with van der Waals surface area (Å²) in [5.74, 6) is -1.58. The highest BCUT2D eigenvalue weighted by Crippen LogP contribution is 2.36. The number of nitriles is 1. The Bertz CT molecular complexity index is 514. The first-order valence-electron chi connectivity index (χ1n) is 6.42. The van der Waals surface area contributed by atoms with Gasteiger partial charge in [0.1, 0.15) is 11.6 Å². The summed E-state index contributed by atoms with van der Waals surface area (Å²) >= 11 is 0. The minimum absolute atomic E-state index is 0.0552. The lowest BCUT2D eigenvalue weighted by atomic mass is 9.89. The summed E-state index contributed by atoms with van der Waals surface area (Å²) in [6.45, 7) is 7.48. The van der Waals surface area contributed by atoms with Gasteiger partial charge in [-0.25, -0.2) is 8.78 Å². The second-order valence-corrected chi connectivity index (χ2v) is 6.08. The third-order valence-electron chi connectivity index (χ3n) is 3.80. The van der Waals surface area contributed by atoms with Crippen LogP contribution in [0.15, 0.2) is 18.2 Å². The van der Waals surface area contributed by atoms with E-state index in [0.717, 1.165) is 6.07 Å². The number of rotatable bonds is 1. The first-order chi connectivity index (χ1) is 8.82. The van der Waals surface area contributed by atoms with Gasteiger partial charge < -0.3 is 0 Å². The van der Waals surface area contributed by atoms with E-state index in [1.54, 1.807) is 0 Å². The molecule has 2 atom stereocenters. The first kappa shape index (κ1) is 14.0. The zero-order valence-electron chi connectivity index (χ0n) is 11.5. The average molecular weight is 264 g/mol. The molecule has 1 aliphatic heterocycles. The molecular weight excluding hydrogens is 246 g/mol. The second kappa shape index (κ2) is 4.90. The number of nitrogens with zero attached hydrogens (tertiary/aromatic N) is 2. The van der Waals surface area contributed by atoms with Gasteiger partial charge in [-0.15, -0.1) is 0 Å². The van der Waals surface area contributed by atoms with Crippen LogP contribution in [-0.4, -0.2) is 23.5 Å². The molecule has 1 aromatic rings. The van der Waals surface area contributed by atoms with Crippen molar-refractivity contribution in [1.29, 1.82) is 5.26 Å². The molecule has 1 aromatic carbocycles. The molecule has 19 heavy (non-hydrogen) atoms. The van der Waals surface area contributed by atoms with Crippen LogP contribution in [0.3, 0.4) is 0 Å². The Hall–Kier alpha value is -1.47. The van der Waals surface area contributed by atoms with Gasteiger partial charge in [0.15, 0.2) is 0 Å². The molecule has 2 nitrogen and oxygen atoms in total. The SMILES string of the molecule is CC(C)(C)N1CC(C#N)[C@H](c2ccc(F)cc2F)C1. The van der Waals surface area contributed by atoms with Gasteiger partial charge in [0.25, 0.3) is 0 Å². The van der Waals surface area contributed by atoms with E-state index in [0.29, 0.717) is 18.7 Å². The molecule has 1 heterocycles. The highest BCUT2D eigenvalue weighted by Gasteiger charge is 2.39. The Morgan fingerprint density at radius 3 is 2.47 bits per heavy atom. The van der Waals surface area contributed by atoms with Crippen LogP contribution in [0.25, 0.3) is 0 Å². The fraction of sp³-hybridized carbons (Fsp3) is 0.533. The van der Waals surface area contributed by atoms with Crippen LogP contribution in [-0.2, 0) is 0 Å². The number of likely N-dealkylation sites (tertiary alicyclic amines) is 1. The van der Waals surface area contributed by atoms with E-state index in [1.807, 2.05) is 0 Å². The van der Waals surface area contributed by atoms with E-state index in [2.05, 4.69) is 31.7 Å². The van der Waals surface area contributed by atoms with E-state index < -0.39 is 11.6 Å². The van der Waals surface area contributed by atoms with Crippen LogP contribution in [0.5, 0.6) is 0 Å². The summed E-state index contributed by atoms with van der Waals surface area (Å²) in [5.41, 5.74) is 0.389. The molecule has 0 aliphatic carbocycles. The molecule has 1 saturated heterocycles. The Morgan fingerprint density at radius 2 is 1.95 bits per heavy atom. The van der Waals surface area contributed by atoms with E-state index in [1.165, 1.54) is 12.1 Å².